The molecule has 0 N–H and O–H groups in total. The van der Waals surface area contributed by atoms with Crippen molar-refractivity contribution in [3.63, 3.8) is 0 Å². The van der Waals surface area contributed by atoms with Crippen molar-refractivity contribution in [2.75, 3.05) is 13.7 Å². The molecule has 0 aliphatic carbocycles. The fourth-order valence-corrected chi connectivity index (χ4v) is 3.13. The van der Waals surface area contributed by atoms with Crippen LogP contribution in [0.5, 0.6) is 0 Å². The van der Waals surface area contributed by atoms with Gasteiger partial charge in [0, 0.05) is 4.32 Å². The van der Waals surface area contributed by atoms with Crippen molar-refractivity contribution in [2.24, 2.45) is 16.7 Å². The van der Waals surface area contributed by atoms with E-state index in [1.165, 1.54) is 7.11 Å². The van der Waals surface area contributed by atoms with E-state index in [4.69, 9.17) is 9.47 Å². The fourth-order valence-electron chi connectivity index (χ4n) is 2.78. The largest absolute Gasteiger partial charge is 0.469 e. The Morgan fingerprint density at radius 1 is 1.08 bits per heavy atom. The summed E-state index contributed by atoms with van der Waals surface area (Å²) in [5.74, 6) is -0.807. The summed E-state index contributed by atoms with van der Waals surface area (Å²) in [7, 11) is 1.40. The van der Waals surface area contributed by atoms with Crippen molar-refractivity contribution < 1.29 is 19.1 Å². The van der Waals surface area contributed by atoms with E-state index in [0.717, 1.165) is 19.3 Å². The van der Waals surface area contributed by atoms with Crippen LogP contribution in [0, 0.1) is 16.7 Å². The Morgan fingerprint density at radius 2 is 1.62 bits per heavy atom. The third-order valence-electron chi connectivity index (χ3n) is 5.50. The normalized spacial score (nSPS) is 16.2. The molecule has 0 fully saturated rings. The first kappa shape index (κ1) is 23.4. The van der Waals surface area contributed by atoms with Gasteiger partial charge in [-0.25, -0.2) is 0 Å². The van der Waals surface area contributed by atoms with Crippen LogP contribution in [0.3, 0.4) is 0 Å². The molecular formula is C19H35BrO4. The summed E-state index contributed by atoms with van der Waals surface area (Å²) in [4.78, 5) is 25.0. The highest BCUT2D eigenvalue weighted by molar-refractivity contribution is 9.10. The second-order valence-electron chi connectivity index (χ2n) is 7.87. The van der Waals surface area contributed by atoms with Crippen LogP contribution < -0.4 is 0 Å². The molecule has 0 aliphatic heterocycles. The van der Waals surface area contributed by atoms with Crippen LogP contribution in [-0.4, -0.2) is 30.0 Å². The molecule has 0 radical (unpaired) electrons. The number of carbonyl (C=O) groups excluding carboxylic acids is 2. The molecule has 24 heavy (non-hydrogen) atoms. The summed E-state index contributed by atoms with van der Waals surface area (Å²) in [6, 6.07) is 0. The smallest absolute Gasteiger partial charge is 0.312 e. The first-order valence-electron chi connectivity index (χ1n) is 8.81. The maximum atomic E-state index is 12.7. The minimum absolute atomic E-state index is 0.198. The number of esters is 2. The Morgan fingerprint density at radius 3 is 2.00 bits per heavy atom. The first-order chi connectivity index (χ1) is 10.9. The molecule has 5 heteroatoms. The van der Waals surface area contributed by atoms with Gasteiger partial charge in [-0.2, -0.15) is 0 Å². The maximum absolute atomic E-state index is 12.7. The van der Waals surface area contributed by atoms with Gasteiger partial charge in [-0.1, -0.05) is 43.1 Å². The average Bonchev–Trinajstić information content (AvgIpc) is 2.50. The van der Waals surface area contributed by atoms with E-state index in [0.29, 0.717) is 13.0 Å². The van der Waals surface area contributed by atoms with E-state index in [9.17, 15) is 9.59 Å². The van der Waals surface area contributed by atoms with Gasteiger partial charge < -0.3 is 9.47 Å². The molecule has 0 saturated heterocycles. The van der Waals surface area contributed by atoms with Crippen molar-refractivity contribution in [1.29, 1.82) is 0 Å². The maximum Gasteiger partial charge on any atom is 0.312 e. The molecule has 2 unspecified atom stereocenters. The molecule has 0 aromatic carbocycles. The number of hydrogen-bond donors (Lipinski definition) is 0. The third kappa shape index (κ3) is 5.75. The second kappa shape index (κ2) is 9.21. The lowest BCUT2D eigenvalue weighted by atomic mass is 9.60. The van der Waals surface area contributed by atoms with E-state index in [1.807, 2.05) is 27.7 Å². The lowest BCUT2D eigenvalue weighted by Gasteiger charge is -2.45. The van der Waals surface area contributed by atoms with E-state index >= 15 is 0 Å². The Bertz CT molecular complexity index is 426. The van der Waals surface area contributed by atoms with Crippen molar-refractivity contribution in [3.8, 4) is 0 Å². The van der Waals surface area contributed by atoms with Gasteiger partial charge in [-0.05, 0) is 52.4 Å². The molecule has 2 atom stereocenters. The van der Waals surface area contributed by atoms with Gasteiger partial charge in [-0.3, -0.25) is 9.59 Å². The van der Waals surface area contributed by atoms with Gasteiger partial charge in [0.25, 0.3) is 0 Å². The van der Waals surface area contributed by atoms with E-state index in [2.05, 4.69) is 36.7 Å². The van der Waals surface area contributed by atoms with Crippen LogP contribution in [0.2, 0.25) is 0 Å². The van der Waals surface area contributed by atoms with Crippen molar-refractivity contribution in [2.45, 2.75) is 78.5 Å². The van der Waals surface area contributed by atoms with Crippen LogP contribution in [0.1, 0.15) is 74.1 Å². The highest BCUT2D eigenvalue weighted by atomic mass is 79.9. The first-order valence-corrected chi connectivity index (χ1v) is 9.60. The zero-order valence-corrected chi connectivity index (χ0v) is 18.2. The van der Waals surface area contributed by atoms with Crippen molar-refractivity contribution >= 4 is 27.9 Å². The van der Waals surface area contributed by atoms with Crippen molar-refractivity contribution in [3.05, 3.63) is 0 Å². The van der Waals surface area contributed by atoms with Gasteiger partial charge in [0.05, 0.1) is 25.0 Å². The molecule has 0 spiro atoms. The quantitative estimate of drug-likeness (QED) is 0.286. The summed E-state index contributed by atoms with van der Waals surface area (Å²) in [6.45, 7) is 14.4. The van der Waals surface area contributed by atoms with Gasteiger partial charge in [0.2, 0.25) is 0 Å². The van der Waals surface area contributed by atoms with Gasteiger partial charge in [-0.15, -0.1) is 0 Å². The lowest BCUT2D eigenvalue weighted by molar-refractivity contribution is -0.165. The summed E-state index contributed by atoms with van der Waals surface area (Å²) >= 11 is 3.61. The summed E-state index contributed by atoms with van der Waals surface area (Å²) in [6.07, 6.45) is 3.16. The highest BCUT2D eigenvalue weighted by Crippen LogP contribution is 2.50. The van der Waals surface area contributed by atoms with Gasteiger partial charge in [0.15, 0.2) is 0 Å². The molecule has 0 saturated carbocycles. The molecule has 0 aliphatic rings. The Hall–Kier alpha value is -0.580. The molecule has 0 bridgehead atoms. The molecule has 142 valence electrons. The number of ether oxygens (including phenoxy) is 2. The zero-order valence-electron chi connectivity index (χ0n) is 16.6. The molecule has 0 aromatic heterocycles. The average molecular weight is 407 g/mol. The third-order valence-corrected chi connectivity index (χ3v) is 6.05. The predicted molar refractivity (Wildman–Crippen MR) is 101 cm³/mol. The molecule has 0 heterocycles. The summed E-state index contributed by atoms with van der Waals surface area (Å²) in [5.41, 5.74) is -1.08. The number of unbranched alkanes of at least 4 members (excludes halogenated alkanes) is 1. The summed E-state index contributed by atoms with van der Waals surface area (Å²) < 4.78 is 10.1. The van der Waals surface area contributed by atoms with Crippen LogP contribution >= 0.6 is 15.9 Å². The van der Waals surface area contributed by atoms with E-state index < -0.39 is 9.74 Å². The summed E-state index contributed by atoms with van der Waals surface area (Å²) in [5, 5.41) is 0. The Balaban J connectivity index is 5.48. The molecule has 4 nitrogen and oxygen atoms in total. The topological polar surface area (TPSA) is 52.6 Å². The standard InChI is InChI=1S/C19H35BrO4/c1-9-11-12-24-16(22)17(3,4)19(7,10-2)13-14(15(21)23-8)18(5,6)20/h14H,9-13H2,1-8H3. The minimum Gasteiger partial charge on any atom is -0.469 e. The SMILES string of the molecule is CCCCOC(=O)C(C)(C)C(C)(CC)CC(C(=O)OC)C(C)(C)Br. The monoisotopic (exact) mass is 406 g/mol. The van der Waals surface area contributed by atoms with Crippen LogP contribution in [0.15, 0.2) is 0 Å². The minimum atomic E-state index is -0.694. The number of halogens is 1. The van der Waals surface area contributed by atoms with E-state index in [-0.39, 0.29) is 23.3 Å². The van der Waals surface area contributed by atoms with Gasteiger partial charge >= 0.3 is 11.9 Å². The molecule has 0 aromatic rings. The molecule has 0 amide bonds. The predicted octanol–water partition coefficient (Wildman–Crippen LogP) is 5.13. The highest BCUT2D eigenvalue weighted by Gasteiger charge is 2.50. The number of alkyl halides is 1. The second-order valence-corrected chi connectivity index (χ2v) is 9.92. The molecular weight excluding hydrogens is 372 g/mol. The Labute approximate surface area is 156 Å². The lowest BCUT2D eigenvalue weighted by Crippen LogP contribution is -2.47. The number of carbonyl (C=O) groups is 2. The zero-order chi connectivity index (χ0) is 19.2. The van der Waals surface area contributed by atoms with Crippen molar-refractivity contribution in [1.82, 2.24) is 0 Å². The number of hydrogen-bond acceptors (Lipinski definition) is 4. The van der Waals surface area contributed by atoms with Crippen LogP contribution in [-0.2, 0) is 19.1 Å². The van der Waals surface area contributed by atoms with Crippen LogP contribution in [0.25, 0.3) is 0 Å². The van der Waals surface area contributed by atoms with E-state index in [1.54, 1.807) is 0 Å². The van der Waals surface area contributed by atoms with Crippen LogP contribution in [0.4, 0.5) is 0 Å². The molecule has 0 rings (SSSR count). The fraction of sp³-hybridized carbons (Fsp3) is 0.895. The number of methoxy groups -OCH3 is 1. The Kier molecular flexibility index (Phi) is 8.99. The number of rotatable bonds is 10. The van der Waals surface area contributed by atoms with Gasteiger partial charge in [0.1, 0.15) is 0 Å².